The van der Waals surface area contributed by atoms with E-state index in [2.05, 4.69) is 77.0 Å². The highest BCUT2D eigenvalue weighted by atomic mass is 79.9. The number of hydrogen-bond acceptors (Lipinski definition) is 9. The number of aldehydes is 1. The third-order valence-electron chi connectivity index (χ3n) is 12.8. The SMILES string of the molecule is CNC(=O)c1cccc(CC(=O)[C@H]2CCC(=O)N2C2CCN(Cc3ccc(Br)cc3)CC2)c1.CNC(=O)c1cccc(CC(=O)[C@H]2CCC(=O)N2C2CCNCC2)c1.O=Cc1ccc(Br)cc1.[2H][2H]. The van der Waals surface area contributed by atoms with Gasteiger partial charge in [-0.05, 0) is 117 Å². The van der Waals surface area contributed by atoms with Gasteiger partial charge in [-0.3, -0.25) is 38.5 Å². The maximum atomic E-state index is 13.2. The molecule has 0 aliphatic carbocycles. The van der Waals surface area contributed by atoms with Crippen LogP contribution in [-0.2, 0) is 38.6 Å². The molecule has 0 spiro atoms. The smallest absolute Gasteiger partial charge is 0.251 e. The van der Waals surface area contributed by atoms with Crippen LogP contribution in [0, 0.1) is 0 Å². The van der Waals surface area contributed by atoms with Crippen molar-refractivity contribution in [1.29, 1.82) is 0 Å². The Morgan fingerprint density at radius 2 is 1.09 bits per heavy atom. The number of halogens is 2. The zero-order chi connectivity index (χ0) is 49.9. The summed E-state index contributed by atoms with van der Waals surface area (Å²) in [6.45, 7) is 4.52. The first-order chi connectivity index (χ1) is 33.4. The van der Waals surface area contributed by atoms with Gasteiger partial charge in [0.1, 0.15) is 6.29 Å². The molecule has 3 N–H and O–H groups in total. The van der Waals surface area contributed by atoms with Crippen LogP contribution in [0.4, 0.5) is 0 Å². The van der Waals surface area contributed by atoms with E-state index in [0.29, 0.717) is 42.4 Å². The molecule has 4 aromatic carbocycles. The number of piperidine rings is 2. The molecule has 0 saturated carbocycles. The van der Waals surface area contributed by atoms with Crippen LogP contribution in [0.25, 0.3) is 0 Å². The average molecular weight is 1040 g/mol. The predicted molar refractivity (Wildman–Crippen MR) is 267 cm³/mol. The topological polar surface area (TPSA) is 165 Å². The summed E-state index contributed by atoms with van der Waals surface area (Å²) in [6, 6.07) is 29.5. The number of carbonyl (C=O) groups excluding carboxylic acids is 7. The Morgan fingerprint density at radius 3 is 1.54 bits per heavy atom. The molecule has 4 fully saturated rings. The Balaban J connectivity index is 0.000000216. The van der Waals surface area contributed by atoms with Crippen LogP contribution in [0.2, 0.25) is 0 Å². The molecular formula is C52H62Br2N6O7. The fourth-order valence-electron chi connectivity index (χ4n) is 9.35. The van der Waals surface area contributed by atoms with Gasteiger partial charge in [-0.25, -0.2) is 0 Å². The summed E-state index contributed by atoms with van der Waals surface area (Å²) in [4.78, 5) is 91.0. The highest BCUT2D eigenvalue weighted by Crippen LogP contribution is 2.30. The van der Waals surface area contributed by atoms with E-state index in [-0.39, 0.29) is 72.2 Å². The van der Waals surface area contributed by atoms with Crippen molar-refractivity contribution in [2.75, 3.05) is 40.3 Å². The zero-order valence-electron chi connectivity index (χ0n) is 40.2. The van der Waals surface area contributed by atoms with Crippen molar-refractivity contribution < 1.29 is 36.5 Å². The highest BCUT2D eigenvalue weighted by Gasteiger charge is 2.42. The van der Waals surface area contributed by atoms with Crippen LogP contribution in [-0.4, -0.2) is 121 Å². The van der Waals surface area contributed by atoms with Crippen LogP contribution in [0.1, 0.15) is 102 Å². The van der Waals surface area contributed by atoms with Crippen LogP contribution < -0.4 is 16.0 Å². The lowest BCUT2D eigenvalue weighted by molar-refractivity contribution is -0.137. The van der Waals surface area contributed by atoms with Crippen LogP contribution in [0.5, 0.6) is 0 Å². The molecule has 0 bridgehead atoms. The van der Waals surface area contributed by atoms with Gasteiger partial charge in [0.2, 0.25) is 11.8 Å². The van der Waals surface area contributed by atoms with Crippen molar-refractivity contribution in [2.24, 2.45) is 0 Å². The Labute approximate surface area is 413 Å². The Bertz CT molecular complexity index is 2380. The molecular weight excluding hydrogens is 980 g/mol. The molecule has 356 valence electrons. The minimum Gasteiger partial charge on any atom is -0.355 e. The van der Waals surface area contributed by atoms with E-state index in [9.17, 15) is 33.6 Å². The van der Waals surface area contributed by atoms with Gasteiger partial charge in [-0.1, -0.05) is 80.4 Å². The van der Waals surface area contributed by atoms with Crippen molar-refractivity contribution >= 4 is 73.3 Å². The number of benzene rings is 4. The average Bonchev–Trinajstić information content (AvgIpc) is 3.98. The zero-order valence-corrected chi connectivity index (χ0v) is 41.4. The first-order valence-corrected chi connectivity index (χ1v) is 24.6. The van der Waals surface area contributed by atoms with Crippen molar-refractivity contribution in [2.45, 2.75) is 94.9 Å². The van der Waals surface area contributed by atoms with E-state index >= 15 is 0 Å². The number of Topliss-reactive ketones (excluding diaryl/α,β-unsaturated/α-hetero) is 2. The predicted octanol–water partition coefficient (Wildman–Crippen LogP) is 6.98. The maximum absolute atomic E-state index is 13.2. The summed E-state index contributed by atoms with van der Waals surface area (Å²) in [7, 11) is 3.17. The van der Waals surface area contributed by atoms with Crippen molar-refractivity contribution in [3.8, 4) is 0 Å². The summed E-state index contributed by atoms with van der Waals surface area (Å²) >= 11 is 6.74. The first-order valence-electron chi connectivity index (χ1n) is 24.1. The number of ketones is 2. The quantitative estimate of drug-likeness (QED) is 0.120. The van der Waals surface area contributed by atoms with Gasteiger partial charge in [-0.2, -0.15) is 0 Å². The number of rotatable bonds is 13. The second-order valence-electron chi connectivity index (χ2n) is 17.3. The monoisotopic (exact) mass is 1040 g/mol. The van der Waals surface area contributed by atoms with Crippen molar-refractivity contribution in [3.05, 3.63) is 139 Å². The lowest BCUT2D eigenvalue weighted by atomic mass is 9.97. The minimum absolute atomic E-state index is 0.0622. The molecule has 8 rings (SSSR count). The number of amides is 4. The summed E-state index contributed by atoms with van der Waals surface area (Å²) in [5.41, 5.74) is 4.70. The number of carbonyl (C=O) groups is 7. The third-order valence-corrected chi connectivity index (χ3v) is 13.9. The summed E-state index contributed by atoms with van der Waals surface area (Å²) < 4.78 is 12.1. The molecule has 4 saturated heterocycles. The molecule has 4 aromatic rings. The van der Waals surface area contributed by atoms with Crippen LogP contribution in [0.15, 0.2) is 106 Å². The molecule has 4 amide bonds. The lowest BCUT2D eigenvalue weighted by Gasteiger charge is -2.39. The molecule has 0 aromatic heterocycles. The molecule has 0 radical (unpaired) electrons. The third kappa shape index (κ3) is 14.3. The molecule has 4 aliphatic rings. The van der Waals surface area contributed by atoms with Gasteiger partial charge in [0, 0.05) is 100 Å². The molecule has 67 heavy (non-hydrogen) atoms. The van der Waals surface area contributed by atoms with E-state index in [4.69, 9.17) is 2.97 Å². The number of likely N-dealkylation sites (tertiary alicyclic amines) is 3. The molecule has 0 unspecified atom stereocenters. The van der Waals surface area contributed by atoms with Gasteiger partial charge in [0.05, 0.1) is 12.1 Å². The summed E-state index contributed by atoms with van der Waals surface area (Å²) in [5, 5.41) is 8.50. The largest absolute Gasteiger partial charge is 0.355 e. The minimum atomic E-state index is -0.357. The van der Waals surface area contributed by atoms with Crippen molar-refractivity contribution in [1.82, 2.24) is 30.7 Å². The molecule has 2 atom stereocenters. The molecule has 4 aliphatic heterocycles. The van der Waals surface area contributed by atoms with Gasteiger partial charge in [-0.15, -0.1) is 0 Å². The normalized spacial score (nSPS) is 19.0. The molecule has 15 heteroatoms. The summed E-state index contributed by atoms with van der Waals surface area (Å²) in [6.07, 6.45) is 6.99. The van der Waals surface area contributed by atoms with E-state index in [1.54, 1.807) is 62.6 Å². The Morgan fingerprint density at radius 1 is 0.642 bits per heavy atom. The second-order valence-corrected chi connectivity index (χ2v) is 19.2. The standard InChI is InChI=1S/C26H30BrN3O3.C19H25N3O3.C7H5BrO.H2/c1-28-26(33)20-4-2-3-19(15-20)16-24(31)23-9-10-25(32)30(23)22-11-13-29(14-12-22)17-18-5-7-21(27)8-6-18;1-20-19(25)14-4-2-3-13(11-14)12-17(23)16-5-6-18(24)22(16)15-7-9-21-10-8-15;8-7-3-1-6(5-9)2-4-7;/h2-8,15,22-23H,9-14,16-17H2,1H3,(H,28,33);2-4,11,15-16,21H,5-10,12H2,1H3,(H,20,25);1-5H;1H/t23-;16-;;/m11../s1/i;;;1+1D. The van der Waals surface area contributed by atoms with Gasteiger partial charge in [0.25, 0.3) is 11.8 Å². The van der Waals surface area contributed by atoms with Crippen molar-refractivity contribution in [3.63, 3.8) is 0 Å². The maximum Gasteiger partial charge on any atom is 0.251 e. The number of hydrogen-bond donors (Lipinski definition) is 3. The van der Waals surface area contributed by atoms with E-state index in [0.717, 1.165) is 84.8 Å². The Kier molecular flexibility index (Phi) is 18.6. The van der Waals surface area contributed by atoms with Gasteiger partial charge < -0.3 is 25.8 Å². The van der Waals surface area contributed by atoms with Gasteiger partial charge in [0.15, 0.2) is 11.6 Å². The highest BCUT2D eigenvalue weighted by molar-refractivity contribution is 9.10. The molecule has 4 heterocycles. The van der Waals surface area contributed by atoms with E-state index < -0.39 is 0 Å². The Hall–Kier alpha value is -5.35. The molecule has 13 nitrogen and oxygen atoms in total. The summed E-state index contributed by atoms with van der Waals surface area (Å²) in [5.74, 6) is -0.00707. The fourth-order valence-corrected chi connectivity index (χ4v) is 9.88. The van der Waals surface area contributed by atoms with Gasteiger partial charge >= 0.3 is 0 Å². The first kappa shape index (κ1) is 49.6. The van der Waals surface area contributed by atoms with E-state index in [1.165, 1.54) is 5.56 Å². The second kappa shape index (κ2) is 25.1. The van der Waals surface area contributed by atoms with Crippen LogP contribution in [0.3, 0.4) is 0 Å². The number of nitrogens with zero attached hydrogens (tertiary/aromatic N) is 3. The fraction of sp³-hybridized carbons (Fsp3) is 0.404. The van der Waals surface area contributed by atoms with E-state index in [1.807, 2.05) is 34.1 Å². The van der Waals surface area contributed by atoms with Crippen LogP contribution >= 0.6 is 31.9 Å². The number of nitrogens with one attached hydrogen (secondary N) is 3. The lowest BCUT2D eigenvalue weighted by Crippen LogP contribution is -2.50.